The van der Waals surface area contributed by atoms with Gasteiger partial charge in [-0.1, -0.05) is 30.4 Å². The Morgan fingerprint density at radius 1 is 0.974 bits per heavy atom. The molecule has 1 atom stereocenters. The average molecular weight is 542 g/mol. The number of amides is 1. The summed E-state index contributed by atoms with van der Waals surface area (Å²) in [5, 5.41) is 9.55. The zero-order valence-corrected chi connectivity index (χ0v) is 20.6. The fourth-order valence-electron chi connectivity index (χ4n) is 4.93. The van der Waals surface area contributed by atoms with E-state index in [0.29, 0.717) is 23.1 Å². The highest BCUT2D eigenvalue weighted by Crippen LogP contribution is 2.33. The van der Waals surface area contributed by atoms with E-state index in [2.05, 4.69) is 9.97 Å². The number of rotatable bonds is 2. The second-order valence-corrected chi connectivity index (χ2v) is 9.38. The van der Waals surface area contributed by atoms with Crippen LogP contribution >= 0.6 is 0 Å². The number of allylic oxidation sites excluding steroid dienone is 1. The largest absolute Gasteiger partial charge is 0.481 e. The van der Waals surface area contributed by atoms with Crippen LogP contribution in [0.3, 0.4) is 0 Å². The Hall–Kier alpha value is -4.28. The topological polar surface area (TPSA) is 92.6 Å². The number of aromatic nitrogens is 2. The van der Waals surface area contributed by atoms with Gasteiger partial charge in [-0.05, 0) is 41.5 Å². The first-order chi connectivity index (χ1) is 18.7. The molecule has 0 radical (unpaired) electrons. The maximum atomic E-state index is 15.0. The van der Waals surface area contributed by atoms with E-state index in [1.807, 2.05) is 0 Å². The number of aliphatic carboxylic acids is 1. The molecule has 2 aromatic carbocycles. The van der Waals surface area contributed by atoms with E-state index in [1.165, 1.54) is 24.5 Å². The van der Waals surface area contributed by atoms with E-state index in [4.69, 9.17) is 4.74 Å². The van der Waals surface area contributed by atoms with Crippen LogP contribution in [0.1, 0.15) is 56.9 Å². The van der Waals surface area contributed by atoms with Crippen molar-refractivity contribution in [2.24, 2.45) is 0 Å². The van der Waals surface area contributed by atoms with Gasteiger partial charge >= 0.3 is 12.0 Å². The van der Waals surface area contributed by atoms with Gasteiger partial charge < -0.3 is 14.7 Å². The van der Waals surface area contributed by atoms with Crippen LogP contribution in [0.15, 0.2) is 42.7 Å². The smallest absolute Gasteiger partial charge is 0.316 e. The van der Waals surface area contributed by atoms with Gasteiger partial charge in [-0.3, -0.25) is 9.59 Å². The summed E-state index contributed by atoms with van der Waals surface area (Å²) >= 11 is 0. The highest BCUT2D eigenvalue weighted by Gasteiger charge is 2.33. The summed E-state index contributed by atoms with van der Waals surface area (Å²) in [5.74, 6) is -9.51. The van der Waals surface area contributed by atoms with Crippen LogP contribution in [0.2, 0.25) is 0 Å². The van der Waals surface area contributed by atoms with Crippen LogP contribution < -0.4 is 4.74 Å². The molecule has 7 bridgehead atoms. The van der Waals surface area contributed by atoms with Crippen LogP contribution in [-0.2, 0) is 24.2 Å². The minimum absolute atomic E-state index is 0.0136. The standard InChI is InChI=1S/C28H23F4N3O4/c29-23-19-4-2-1-3-9-39-28-33-12-18(13-34-28)20(11-21(36)37)16-6-5-15-7-8-35(14-17(15)10-16)27(38)22(25(23)31)26(32)24(19)30/h1,3,5-6,10,12-13,20H,2,4,7-9,11,14H2,(H,36,37)/b3-1+/t20-/m1/s1. The number of nitrogens with zero attached hydrogens (tertiary/aromatic N) is 3. The predicted molar refractivity (Wildman–Crippen MR) is 130 cm³/mol. The number of halogens is 4. The lowest BCUT2D eigenvalue weighted by Crippen LogP contribution is -2.37. The molecule has 5 aliphatic heterocycles. The summed E-state index contributed by atoms with van der Waals surface area (Å²) in [5.41, 5.74) is 0.564. The van der Waals surface area contributed by atoms with Gasteiger partial charge in [0.15, 0.2) is 23.3 Å². The monoisotopic (exact) mass is 541 g/mol. The van der Waals surface area contributed by atoms with Gasteiger partial charge in [0, 0.05) is 37.0 Å². The first kappa shape index (κ1) is 26.3. The molecule has 202 valence electrons. The van der Waals surface area contributed by atoms with Crippen molar-refractivity contribution in [2.45, 2.75) is 38.1 Å². The van der Waals surface area contributed by atoms with E-state index in [1.54, 1.807) is 18.2 Å². The fourth-order valence-corrected chi connectivity index (χ4v) is 4.93. The molecule has 5 aliphatic rings. The molecule has 0 saturated carbocycles. The second-order valence-electron chi connectivity index (χ2n) is 9.38. The van der Waals surface area contributed by atoms with Crippen LogP contribution in [0.25, 0.3) is 0 Å². The lowest BCUT2D eigenvalue weighted by atomic mass is 9.87. The molecular weight excluding hydrogens is 518 g/mol. The zero-order chi connectivity index (χ0) is 27.7. The van der Waals surface area contributed by atoms with Gasteiger partial charge in [-0.25, -0.2) is 27.5 Å². The highest BCUT2D eigenvalue weighted by atomic mass is 19.2. The highest BCUT2D eigenvalue weighted by molar-refractivity contribution is 5.95. The number of hydrogen-bond donors (Lipinski definition) is 1. The second kappa shape index (κ2) is 10.8. The van der Waals surface area contributed by atoms with E-state index in [-0.39, 0.29) is 45.0 Å². The molecular formula is C28H23F4N3O4. The maximum absolute atomic E-state index is 15.0. The molecule has 0 saturated heterocycles. The Bertz CT molecular complexity index is 1450. The van der Waals surface area contributed by atoms with E-state index >= 15 is 0 Å². The number of carboxylic acid groups (broad SMARTS) is 1. The summed E-state index contributed by atoms with van der Waals surface area (Å²) in [6.07, 6.45) is 5.79. The number of carboxylic acids is 1. The molecule has 1 N–H and O–H groups in total. The van der Waals surface area contributed by atoms with Gasteiger partial charge in [-0.15, -0.1) is 0 Å². The van der Waals surface area contributed by atoms with Crippen LogP contribution in [0, 0.1) is 23.3 Å². The molecule has 6 heterocycles. The van der Waals surface area contributed by atoms with Crippen molar-refractivity contribution in [3.05, 3.63) is 99.4 Å². The predicted octanol–water partition coefficient (Wildman–Crippen LogP) is 4.72. The normalized spacial score (nSPS) is 18.1. The van der Waals surface area contributed by atoms with Crippen LogP contribution in [0.4, 0.5) is 17.6 Å². The lowest BCUT2D eigenvalue weighted by Gasteiger charge is -2.30. The Morgan fingerprint density at radius 2 is 1.69 bits per heavy atom. The van der Waals surface area contributed by atoms with Gasteiger partial charge in [-0.2, -0.15) is 0 Å². The van der Waals surface area contributed by atoms with Gasteiger partial charge in [0.25, 0.3) is 5.91 Å². The molecule has 1 amide bonds. The molecule has 3 aromatic rings. The summed E-state index contributed by atoms with van der Waals surface area (Å²) in [7, 11) is 0. The number of carbonyl (C=O) groups is 2. The minimum Gasteiger partial charge on any atom is -0.481 e. The third-order valence-corrected chi connectivity index (χ3v) is 6.97. The van der Waals surface area contributed by atoms with E-state index < -0.39 is 52.2 Å². The third kappa shape index (κ3) is 5.21. The van der Waals surface area contributed by atoms with Crippen molar-refractivity contribution in [2.75, 3.05) is 13.2 Å². The van der Waals surface area contributed by atoms with E-state index in [0.717, 1.165) is 10.5 Å². The molecule has 39 heavy (non-hydrogen) atoms. The molecule has 0 aliphatic carbocycles. The molecule has 8 rings (SSSR count). The number of hydrogen-bond acceptors (Lipinski definition) is 5. The summed E-state index contributed by atoms with van der Waals surface area (Å²) in [6, 6.07) is 5.34. The van der Waals surface area contributed by atoms with Crippen molar-refractivity contribution in [3.8, 4) is 6.01 Å². The molecule has 0 fully saturated rings. The molecule has 11 heteroatoms. The Morgan fingerprint density at radius 3 is 2.38 bits per heavy atom. The van der Waals surface area contributed by atoms with Crippen molar-refractivity contribution in [1.82, 2.24) is 14.9 Å². The number of ether oxygens (including phenoxy) is 1. The Kier molecular flexibility index (Phi) is 7.32. The van der Waals surface area contributed by atoms with Crippen LogP contribution in [0.5, 0.6) is 6.01 Å². The van der Waals surface area contributed by atoms with Gasteiger partial charge in [0.2, 0.25) is 0 Å². The number of benzene rings is 2. The molecule has 0 spiro atoms. The fraction of sp³-hybridized carbons (Fsp3) is 0.286. The SMILES string of the molecule is O=C(O)C[C@H]1c2cnc(nc2)OC/C=C/CCc2c(F)c(F)c(c(F)c2F)C(=O)N2CCc3ccc1cc3C2. The van der Waals surface area contributed by atoms with Crippen molar-refractivity contribution >= 4 is 11.9 Å². The summed E-state index contributed by atoms with van der Waals surface area (Å²) in [4.78, 5) is 34.3. The lowest BCUT2D eigenvalue weighted by molar-refractivity contribution is -0.137. The Balaban J connectivity index is 1.59. The quantitative estimate of drug-likeness (QED) is 0.287. The Labute approximate surface area is 220 Å². The van der Waals surface area contributed by atoms with Crippen molar-refractivity contribution in [3.63, 3.8) is 0 Å². The third-order valence-electron chi connectivity index (χ3n) is 6.97. The summed E-state index contributed by atoms with van der Waals surface area (Å²) < 4.78 is 65.0. The first-order valence-electron chi connectivity index (χ1n) is 12.3. The minimum atomic E-state index is -1.73. The molecule has 1 aromatic heterocycles. The average Bonchev–Trinajstić information content (AvgIpc) is 2.93. The van der Waals surface area contributed by atoms with Gasteiger partial charge in [0.1, 0.15) is 12.2 Å². The molecule has 7 nitrogen and oxygen atoms in total. The van der Waals surface area contributed by atoms with Crippen LogP contribution in [-0.4, -0.2) is 45.0 Å². The van der Waals surface area contributed by atoms with E-state index in [9.17, 15) is 32.3 Å². The van der Waals surface area contributed by atoms with Gasteiger partial charge in [0.05, 0.1) is 6.42 Å². The van der Waals surface area contributed by atoms with Crippen molar-refractivity contribution in [1.29, 1.82) is 0 Å². The molecule has 0 unspecified atom stereocenters. The summed E-state index contributed by atoms with van der Waals surface area (Å²) in [6.45, 7) is 0.00707. The first-order valence-corrected chi connectivity index (χ1v) is 12.3. The van der Waals surface area contributed by atoms with Crippen molar-refractivity contribution < 1.29 is 37.0 Å². The maximum Gasteiger partial charge on any atom is 0.316 e. The zero-order valence-electron chi connectivity index (χ0n) is 20.6. The number of carbonyl (C=O) groups excluding carboxylic acids is 1.